The van der Waals surface area contributed by atoms with Crippen LogP contribution in [0.3, 0.4) is 0 Å². The first kappa shape index (κ1) is 12.8. The lowest BCUT2D eigenvalue weighted by atomic mass is 10.2. The number of amides is 1. The van der Waals surface area contributed by atoms with Gasteiger partial charge in [-0.25, -0.2) is 9.82 Å². The maximum Gasteiger partial charge on any atom is 0.271 e. The highest BCUT2D eigenvalue weighted by atomic mass is 19.1. The summed E-state index contributed by atoms with van der Waals surface area (Å²) in [4.78, 5) is 11.7. The number of carbonyl (C=O) groups is 1. The highest BCUT2D eigenvalue weighted by Gasteiger charge is 2.02. The molecule has 0 saturated carbocycles. The van der Waals surface area contributed by atoms with Crippen LogP contribution in [0.5, 0.6) is 0 Å². The Morgan fingerprint density at radius 1 is 1.21 bits per heavy atom. The fourth-order valence-electron chi connectivity index (χ4n) is 1.45. The molecule has 0 saturated heterocycles. The smallest absolute Gasteiger partial charge is 0.271 e. The molecule has 0 unspecified atom stereocenters. The third-order valence-corrected chi connectivity index (χ3v) is 2.40. The van der Waals surface area contributed by atoms with Crippen LogP contribution in [0.25, 0.3) is 0 Å². The molecule has 2 aromatic carbocycles. The second-order valence-electron chi connectivity index (χ2n) is 3.88. The van der Waals surface area contributed by atoms with E-state index in [-0.39, 0.29) is 11.7 Å². The van der Waals surface area contributed by atoms with Gasteiger partial charge in [0.05, 0.1) is 6.21 Å². The van der Waals surface area contributed by atoms with Crippen molar-refractivity contribution in [3.8, 4) is 0 Å². The summed E-state index contributed by atoms with van der Waals surface area (Å²) >= 11 is 0. The van der Waals surface area contributed by atoms with Crippen LogP contribution in [0.2, 0.25) is 0 Å². The van der Waals surface area contributed by atoms with Crippen LogP contribution in [-0.4, -0.2) is 12.1 Å². The van der Waals surface area contributed by atoms with E-state index in [9.17, 15) is 9.18 Å². The molecule has 1 amide bonds. The number of hydrazone groups is 1. The number of nitrogen functional groups attached to an aromatic ring is 1. The van der Waals surface area contributed by atoms with Crippen LogP contribution in [0.15, 0.2) is 53.6 Å². The summed E-state index contributed by atoms with van der Waals surface area (Å²) in [6.07, 6.45) is 1.37. The Kier molecular flexibility index (Phi) is 3.87. The van der Waals surface area contributed by atoms with Crippen molar-refractivity contribution in [1.82, 2.24) is 5.43 Å². The Morgan fingerprint density at radius 3 is 2.63 bits per heavy atom. The van der Waals surface area contributed by atoms with Gasteiger partial charge < -0.3 is 5.73 Å². The lowest BCUT2D eigenvalue weighted by Gasteiger charge is -2.00. The maximum atomic E-state index is 12.9. The third-order valence-electron chi connectivity index (χ3n) is 2.40. The number of halogens is 1. The Bertz CT molecular complexity index is 608. The molecule has 0 bridgehead atoms. The number of rotatable bonds is 3. The first-order valence-electron chi connectivity index (χ1n) is 5.59. The molecule has 96 valence electrons. The second kappa shape index (κ2) is 5.77. The van der Waals surface area contributed by atoms with E-state index in [1.54, 1.807) is 36.4 Å². The van der Waals surface area contributed by atoms with Gasteiger partial charge in [-0.3, -0.25) is 4.79 Å². The van der Waals surface area contributed by atoms with E-state index >= 15 is 0 Å². The monoisotopic (exact) mass is 257 g/mol. The van der Waals surface area contributed by atoms with Gasteiger partial charge in [0.2, 0.25) is 0 Å². The summed E-state index contributed by atoms with van der Waals surface area (Å²) in [6, 6.07) is 12.4. The largest absolute Gasteiger partial charge is 0.399 e. The fraction of sp³-hybridized carbons (Fsp3) is 0. The lowest BCUT2D eigenvalue weighted by Crippen LogP contribution is -2.17. The van der Waals surface area contributed by atoms with Crippen molar-refractivity contribution in [3.63, 3.8) is 0 Å². The zero-order chi connectivity index (χ0) is 13.7. The highest BCUT2D eigenvalue weighted by Crippen LogP contribution is 2.05. The molecule has 19 heavy (non-hydrogen) atoms. The van der Waals surface area contributed by atoms with E-state index < -0.39 is 0 Å². The summed E-state index contributed by atoms with van der Waals surface area (Å²) in [5.41, 5.74) is 9.47. The fourth-order valence-corrected chi connectivity index (χ4v) is 1.45. The first-order chi connectivity index (χ1) is 9.15. The Labute approximate surface area is 109 Å². The standard InChI is InChI=1S/C14H12FN3O/c15-12-3-1-2-10(8-12)9-17-18-14(19)11-4-6-13(16)7-5-11/h1-9H,16H2,(H,18,19). The normalized spacial score (nSPS) is 10.6. The molecule has 0 aliphatic heterocycles. The molecule has 2 aromatic rings. The van der Waals surface area contributed by atoms with Gasteiger partial charge in [-0.15, -0.1) is 0 Å². The van der Waals surface area contributed by atoms with Crippen LogP contribution in [0, 0.1) is 5.82 Å². The summed E-state index contributed by atoms with van der Waals surface area (Å²) < 4.78 is 12.9. The molecular weight excluding hydrogens is 245 g/mol. The highest BCUT2D eigenvalue weighted by molar-refractivity contribution is 5.95. The molecule has 0 spiro atoms. The second-order valence-corrected chi connectivity index (χ2v) is 3.88. The van der Waals surface area contributed by atoms with E-state index in [0.29, 0.717) is 16.8 Å². The van der Waals surface area contributed by atoms with Crippen molar-refractivity contribution >= 4 is 17.8 Å². The van der Waals surface area contributed by atoms with E-state index in [1.165, 1.54) is 18.3 Å². The average molecular weight is 257 g/mol. The Balaban J connectivity index is 1.98. The Morgan fingerprint density at radius 2 is 1.95 bits per heavy atom. The summed E-state index contributed by atoms with van der Waals surface area (Å²) in [6.45, 7) is 0. The number of benzene rings is 2. The topological polar surface area (TPSA) is 67.5 Å². The van der Waals surface area contributed by atoms with Crippen molar-refractivity contribution in [1.29, 1.82) is 0 Å². The van der Waals surface area contributed by atoms with Gasteiger partial charge >= 0.3 is 0 Å². The van der Waals surface area contributed by atoms with Crippen molar-refractivity contribution in [2.24, 2.45) is 5.10 Å². The van der Waals surface area contributed by atoms with Crippen molar-refractivity contribution < 1.29 is 9.18 Å². The minimum absolute atomic E-state index is 0.353. The average Bonchev–Trinajstić information content (AvgIpc) is 2.39. The van der Waals surface area contributed by atoms with E-state index in [1.807, 2.05) is 0 Å². The van der Waals surface area contributed by atoms with Gasteiger partial charge in [-0.2, -0.15) is 5.10 Å². The van der Waals surface area contributed by atoms with Gasteiger partial charge in [-0.1, -0.05) is 12.1 Å². The molecule has 0 aromatic heterocycles. The molecule has 0 heterocycles. The van der Waals surface area contributed by atoms with E-state index in [4.69, 9.17) is 5.73 Å². The first-order valence-corrected chi connectivity index (χ1v) is 5.59. The quantitative estimate of drug-likeness (QED) is 0.502. The maximum absolute atomic E-state index is 12.9. The van der Waals surface area contributed by atoms with E-state index in [0.717, 1.165) is 0 Å². The number of nitrogens with one attached hydrogen (secondary N) is 1. The molecule has 0 radical (unpaired) electrons. The van der Waals surface area contributed by atoms with Gasteiger partial charge in [0.15, 0.2) is 0 Å². The van der Waals surface area contributed by atoms with Crippen LogP contribution < -0.4 is 11.2 Å². The van der Waals surface area contributed by atoms with Crippen molar-refractivity contribution in [2.45, 2.75) is 0 Å². The Hall–Kier alpha value is -2.69. The van der Waals surface area contributed by atoms with Gasteiger partial charge in [0.25, 0.3) is 5.91 Å². The zero-order valence-corrected chi connectivity index (χ0v) is 10.0. The minimum Gasteiger partial charge on any atom is -0.399 e. The van der Waals surface area contributed by atoms with E-state index in [2.05, 4.69) is 10.5 Å². The number of hydrogen-bond acceptors (Lipinski definition) is 3. The third kappa shape index (κ3) is 3.64. The number of nitrogens with two attached hydrogens (primary N) is 1. The molecule has 2 rings (SSSR count). The van der Waals surface area contributed by atoms with Crippen LogP contribution in [0.4, 0.5) is 10.1 Å². The van der Waals surface area contributed by atoms with Crippen molar-refractivity contribution in [2.75, 3.05) is 5.73 Å². The summed E-state index contributed by atoms with van der Waals surface area (Å²) in [5, 5.41) is 3.76. The molecule has 0 fully saturated rings. The van der Waals surface area contributed by atoms with Crippen LogP contribution in [-0.2, 0) is 0 Å². The van der Waals surface area contributed by atoms with Crippen LogP contribution >= 0.6 is 0 Å². The predicted molar refractivity (Wildman–Crippen MR) is 72.3 cm³/mol. The summed E-state index contributed by atoms with van der Waals surface area (Å²) in [7, 11) is 0. The van der Waals surface area contributed by atoms with Gasteiger partial charge in [-0.05, 0) is 42.0 Å². The lowest BCUT2D eigenvalue weighted by molar-refractivity contribution is 0.0955. The minimum atomic E-state index is -0.354. The molecule has 3 N–H and O–H groups in total. The molecule has 0 aliphatic rings. The molecule has 0 atom stereocenters. The molecule has 5 heteroatoms. The van der Waals surface area contributed by atoms with Crippen molar-refractivity contribution in [3.05, 3.63) is 65.5 Å². The van der Waals surface area contributed by atoms with Crippen LogP contribution in [0.1, 0.15) is 15.9 Å². The molecule has 0 aliphatic carbocycles. The summed E-state index contributed by atoms with van der Waals surface area (Å²) in [5.74, 6) is -0.707. The number of nitrogens with zero attached hydrogens (tertiary/aromatic N) is 1. The SMILES string of the molecule is Nc1ccc(C(=O)NN=Cc2cccc(F)c2)cc1. The number of carbonyl (C=O) groups excluding carboxylic acids is 1. The zero-order valence-electron chi connectivity index (χ0n) is 10.0. The molecule has 4 nitrogen and oxygen atoms in total. The van der Waals surface area contributed by atoms with Gasteiger partial charge in [0.1, 0.15) is 5.82 Å². The molecular formula is C14H12FN3O. The predicted octanol–water partition coefficient (Wildman–Crippen LogP) is 2.17. The van der Waals surface area contributed by atoms with Gasteiger partial charge in [0, 0.05) is 11.3 Å². The number of hydrogen-bond donors (Lipinski definition) is 2. The number of anilines is 1.